The molecule has 0 saturated carbocycles. The first-order valence-corrected chi connectivity index (χ1v) is 9.26. The van der Waals surface area contributed by atoms with Crippen molar-refractivity contribution in [1.29, 1.82) is 0 Å². The number of hydrogen-bond acceptors (Lipinski definition) is 6. The molecule has 142 valence electrons. The van der Waals surface area contributed by atoms with Crippen molar-refractivity contribution in [3.8, 4) is 0 Å². The van der Waals surface area contributed by atoms with Gasteiger partial charge in [0.25, 0.3) is 5.56 Å². The lowest BCUT2D eigenvalue weighted by molar-refractivity contribution is -0.138. The molecule has 0 bridgehead atoms. The number of nitrogens with one attached hydrogen (secondary N) is 3. The van der Waals surface area contributed by atoms with Crippen molar-refractivity contribution in [3.63, 3.8) is 0 Å². The molecule has 1 aliphatic rings. The maximum absolute atomic E-state index is 12.8. The van der Waals surface area contributed by atoms with Gasteiger partial charge in [-0.2, -0.15) is 0 Å². The summed E-state index contributed by atoms with van der Waals surface area (Å²) in [6, 6.07) is 9.49. The Kier molecular flexibility index (Phi) is 4.56. The molecule has 2 aromatic heterocycles. The molecule has 4 rings (SSSR count). The highest BCUT2D eigenvalue weighted by molar-refractivity contribution is 7.71. The van der Waals surface area contributed by atoms with Gasteiger partial charge in [0.2, 0.25) is 0 Å². The Morgan fingerprint density at radius 3 is 2.89 bits per heavy atom. The fraction of sp³-hybridized carbons (Fsp3) is 0.200. The van der Waals surface area contributed by atoms with Crippen LogP contribution in [0.3, 0.4) is 0 Å². The van der Waals surface area contributed by atoms with Crippen LogP contribution >= 0.6 is 12.2 Å². The summed E-state index contributed by atoms with van der Waals surface area (Å²) < 4.78 is 5.49. The van der Waals surface area contributed by atoms with E-state index in [1.54, 1.807) is 20.0 Å². The first-order valence-electron chi connectivity index (χ1n) is 8.85. The molecule has 7 nitrogen and oxygen atoms in total. The van der Waals surface area contributed by atoms with Crippen molar-refractivity contribution in [3.05, 3.63) is 74.1 Å². The maximum Gasteiger partial charge on any atom is 0.336 e. The summed E-state index contributed by atoms with van der Waals surface area (Å²) in [5.41, 5.74) is 2.68. The van der Waals surface area contributed by atoms with Gasteiger partial charge in [0.05, 0.1) is 29.2 Å². The second-order valence-corrected chi connectivity index (χ2v) is 6.88. The van der Waals surface area contributed by atoms with Crippen LogP contribution in [0, 0.1) is 4.77 Å². The Hall–Kier alpha value is -3.26. The Bertz CT molecular complexity index is 1240. The summed E-state index contributed by atoms with van der Waals surface area (Å²) in [6.07, 6.45) is 1.72. The zero-order valence-corrected chi connectivity index (χ0v) is 16.1. The molecule has 0 fully saturated rings. The van der Waals surface area contributed by atoms with Crippen LogP contribution < -0.4 is 10.9 Å². The molecule has 0 aliphatic carbocycles. The number of fused-ring (bicyclic) bond motifs is 2. The highest BCUT2D eigenvalue weighted by Crippen LogP contribution is 2.40. The monoisotopic (exact) mass is 394 g/mol. The number of carbonyl (C=O) groups is 1. The minimum atomic E-state index is -0.601. The third-order valence-electron chi connectivity index (χ3n) is 4.73. The molecule has 0 radical (unpaired) electrons. The number of rotatable bonds is 3. The number of aromatic amines is 2. The molecular formula is C20H18N4O3S. The van der Waals surface area contributed by atoms with Gasteiger partial charge in [-0.25, -0.2) is 4.79 Å². The molecule has 3 N–H and O–H groups in total. The topological polar surface area (TPSA) is 99.9 Å². The molecule has 1 aliphatic heterocycles. The smallest absolute Gasteiger partial charge is 0.336 e. The second kappa shape index (κ2) is 7.05. The lowest BCUT2D eigenvalue weighted by Gasteiger charge is -2.29. The van der Waals surface area contributed by atoms with Crippen molar-refractivity contribution in [1.82, 2.24) is 15.0 Å². The number of aromatic nitrogens is 3. The average molecular weight is 394 g/mol. The van der Waals surface area contributed by atoms with Gasteiger partial charge in [0.15, 0.2) is 4.77 Å². The quantitative estimate of drug-likeness (QED) is 0.465. The predicted molar refractivity (Wildman–Crippen MR) is 109 cm³/mol. The van der Waals surface area contributed by atoms with Crippen LogP contribution in [-0.4, -0.2) is 27.5 Å². The second-order valence-electron chi connectivity index (χ2n) is 6.47. The van der Waals surface area contributed by atoms with Crippen molar-refractivity contribution >= 4 is 34.9 Å². The highest BCUT2D eigenvalue weighted by Gasteiger charge is 2.35. The largest absolute Gasteiger partial charge is 0.463 e. The van der Waals surface area contributed by atoms with E-state index in [0.717, 1.165) is 16.5 Å². The van der Waals surface area contributed by atoms with Gasteiger partial charge in [-0.15, -0.1) is 0 Å². The minimum Gasteiger partial charge on any atom is -0.463 e. The lowest BCUT2D eigenvalue weighted by atomic mass is 9.82. The van der Waals surface area contributed by atoms with Crippen LogP contribution in [0.15, 0.2) is 52.6 Å². The molecular weight excluding hydrogens is 376 g/mol. The molecule has 3 aromatic rings. The summed E-state index contributed by atoms with van der Waals surface area (Å²) in [6.45, 7) is 3.77. The number of benzene rings is 1. The van der Waals surface area contributed by atoms with Crippen LogP contribution in [-0.2, 0) is 9.53 Å². The van der Waals surface area contributed by atoms with E-state index in [1.165, 1.54) is 0 Å². The maximum atomic E-state index is 12.8. The van der Waals surface area contributed by atoms with Crippen LogP contribution in [0.1, 0.15) is 30.9 Å². The number of allylic oxidation sites excluding steroid dienone is 1. The van der Waals surface area contributed by atoms with Gasteiger partial charge in [-0.3, -0.25) is 14.8 Å². The van der Waals surface area contributed by atoms with Crippen LogP contribution in [0.5, 0.6) is 0 Å². The van der Waals surface area contributed by atoms with E-state index < -0.39 is 11.9 Å². The zero-order valence-electron chi connectivity index (χ0n) is 15.3. The van der Waals surface area contributed by atoms with E-state index in [0.29, 0.717) is 22.7 Å². The molecule has 0 spiro atoms. The molecule has 1 aromatic carbocycles. The standard InChI is InChI=1S/C20H18N4O3S/c1-3-27-19(26)14-10(2)22-17-16(18(25)24-20(28)23-17)15(14)12-6-7-13-11(9-12)5-4-8-21-13/h4-9,15H,3H2,1-2H3,(H3,22,23,24,25,28). The van der Waals surface area contributed by atoms with E-state index in [9.17, 15) is 9.59 Å². The molecule has 28 heavy (non-hydrogen) atoms. The number of pyridine rings is 1. The first kappa shape index (κ1) is 18.1. The summed E-state index contributed by atoms with van der Waals surface area (Å²) in [5, 5.41) is 4.01. The SMILES string of the molecule is CCOC(=O)C1=C(C)Nc2[nH]c(=S)[nH]c(=O)c2C1c1ccc2ncccc2c1. The summed E-state index contributed by atoms with van der Waals surface area (Å²) >= 11 is 5.10. The number of carbonyl (C=O) groups excluding carboxylic acids is 1. The lowest BCUT2D eigenvalue weighted by Crippen LogP contribution is -2.31. The number of H-pyrrole nitrogens is 2. The number of nitrogens with zero attached hydrogens (tertiary/aromatic N) is 1. The zero-order chi connectivity index (χ0) is 19.8. The van der Waals surface area contributed by atoms with E-state index in [-0.39, 0.29) is 16.9 Å². The Morgan fingerprint density at radius 2 is 2.11 bits per heavy atom. The summed E-state index contributed by atoms with van der Waals surface area (Å²) in [7, 11) is 0. The summed E-state index contributed by atoms with van der Waals surface area (Å²) in [4.78, 5) is 35.5. The van der Waals surface area contributed by atoms with Gasteiger partial charge >= 0.3 is 5.97 Å². The van der Waals surface area contributed by atoms with Crippen LogP contribution in [0.4, 0.5) is 5.82 Å². The predicted octanol–water partition coefficient (Wildman–Crippen LogP) is 3.38. The highest BCUT2D eigenvalue weighted by atomic mass is 32.1. The van der Waals surface area contributed by atoms with Gasteiger partial charge in [-0.1, -0.05) is 12.1 Å². The van der Waals surface area contributed by atoms with E-state index in [2.05, 4.69) is 20.3 Å². The number of esters is 1. The number of hydrogen-bond donors (Lipinski definition) is 3. The van der Waals surface area contributed by atoms with Crippen molar-refractivity contribution in [2.45, 2.75) is 19.8 Å². The minimum absolute atomic E-state index is 0.213. The normalized spacial score (nSPS) is 15.9. The summed E-state index contributed by atoms with van der Waals surface area (Å²) in [5.74, 6) is -0.581. The Morgan fingerprint density at radius 1 is 1.29 bits per heavy atom. The number of ether oxygens (including phenoxy) is 1. The Labute approximate surface area is 165 Å². The molecule has 3 heterocycles. The molecule has 0 amide bonds. The van der Waals surface area contributed by atoms with Gasteiger partial charge in [0, 0.05) is 17.3 Å². The van der Waals surface area contributed by atoms with Crippen LogP contribution in [0.2, 0.25) is 0 Å². The van der Waals surface area contributed by atoms with Crippen LogP contribution in [0.25, 0.3) is 10.9 Å². The van der Waals surface area contributed by atoms with E-state index in [1.807, 2.05) is 30.3 Å². The molecule has 0 saturated heterocycles. The first-order chi connectivity index (χ1) is 13.5. The number of anilines is 1. The van der Waals surface area contributed by atoms with Crippen molar-refractivity contribution < 1.29 is 9.53 Å². The molecule has 8 heteroatoms. The van der Waals surface area contributed by atoms with Gasteiger partial charge < -0.3 is 15.0 Å². The average Bonchev–Trinajstić information content (AvgIpc) is 2.66. The van der Waals surface area contributed by atoms with Crippen molar-refractivity contribution in [2.75, 3.05) is 11.9 Å². The third-order valence-corrected chi connectivity index (χ3v) is 4.93. The molecule has 1 unspecified atom stereocenters. The fourth-order valence-electron chi connectivity index (χ4n) is 3.57. The van der Waals surface area contributed by atoms with Gasteiger partial charge in [0.1, 0.15) is 5.82 Å². The van der Waals surface area contributed by atoms with E-state index >= 15 is 0 Å². The third kappa shape index (κ3) is 3.01. The fourth-order valence-corrected chi connectivity index (χ4v) is 3.77. The van der Waals surface area contributed by atoms with Crippen molar-refractivity contribution in [2.24, 2.45) is 0 Å². The Balaban J connectivity index is 2.00. The van der Waals surface area contributed by atoms with Gasteiger partial charge in [-0.05, 0) is 49.8 Å². The molecule has 1 atom stereocenters. The van der Waals surface area contributed by atoms with E-state index in [4.69, 9.17) is 17.0 Å².